The Hall–Kier alpha value is -0.990. The van der Waals surface area contributed by atoms with Crippen molar-refractivity contribution in [1.82, 2.24) is 9.78 Å². The zero-order valence-electron chi connectivity index (χ0n) is 7.24. The number of nitrogen functional groups attached to an aromatic ring is 1. The summed E-state index contributed by atoms with van der Waals surface area (Å²) in [5.74, 6) is 1.58. The van der Waals surface area contributed by atoms with E-state index in [-0.39, 0.29) is 0 Å². The van der Waals surface area contributed by atoms with Gasteiger partial charge in [-0.05, 0) is 18.4 Å². The summed E-state index contributed by atoms with van der Waals surface area (Å²) in [6, 6.07) is 1.85. The summed E-state index contributed by atoms with van der Waals surface area (Å²) in [4.78, 5) is 0. The van der Waals surface area contributed by atoms with Crippen LogP contribution in [0, 0.1) is 5.92 Å². The Morgan fingerprint density at radius 2 is 2.42 bits per heavy atom. The number of hydrogen-bond acceptors (Lipinski definition) is 2. The lowest BCUT2D eigenvalue weighted by molar-refractivity contribution is 0.278. The van der Waals surface area contributed by atoms with Crippen molar-refractivity contribution in [2.45, 2.75) is 32.2 Å². The van der Waals surface area contributed by atoms with E-state index < -0.39 is 0 Å². The second-order valence-electron chi connectivity index (χ2n) is 3.59. The summed E-state index contributed by atoms with van der Waals surface area (Å²) >= 11 is 0. The fourth-order valence-electron chi connectivity index (χ4n) is 1.60. The van der Waals surface area contributed by atoms with Crippen LogP contribution in [-0.4, -0.2) is 9.78 Å². The van der Waals surface area contributed by atoms with Crippen molar-refractivity contribution in [1.29, 1.82) is 0 Å². The fourth-order valence-corrected chi connectivity index (χ4v) is 1.60. The molecule has 0 atom stereocenters. The summed E-state index contributed by atoms with van der Waals surface area (Å²) in [5, 5.41) is 4.14. The van der Waals surface area contributed by atoms with Gasteiger partial charge in [-0.15, -0.1) is 0 Å². The van der Waals surface area contributed by atoms with Crippen molar-refractivity contribution in [3.05, 3.63) is 12.3 Å². The van der Waals surface area contributed by atoms with Crippen LogP contribution >= 0.6 is 0 Å². The molecule has 0 spiro atoms. The molecule has 0 amide bonds. The van der Waals surface area contributed by atoms with Gasteiger partial charge in [0.05, 0.1) is 0 Å². The first-order chi connectivity index (χ1) is 5.84. The number of nitrogens with zero attached hydrogens (tertiary/aromatic N) is 2. The number of nitrogens with two attached hydrogens (primary N) is 1. The molecule has 1 saturated carbocycles. The zero-order valence-corrected chi connectivity index (χ0v) is 7.24. The van der Waals surface area contributed by atoms with E-state index in [1.807, 2.05) is 16.9 Å². The molecule has 12 heavy (non-hydrogen) atoms. The topological polar surface area (TPSA) is 43.8 Å². The maximum atomic E-state index is 5.50. The molecule has 0 unspecified atom stereocenters. The SMILES string of the molecule is Nc1ccn(CCC2CCC2)n1. The molecule has 1 aliphatic carbocycles. The number of hydrogen-bond donors (Lipinski definition) is 1. The molecule has 1 fully saturated rings. The lowest BCUT2D eigenvalue weighted by atomic mass is 9.83. The summed E-state index contributed by atoms with van der Waals surface area (Å²) in [6.45, 7) is 1.03. The van der Waals surface area contributed by atoms with E-state index in [1.54, 1.807) is 0 Å². The standard InChI is InChI=1S/C9H15N3/c10-9-5-7-12(11-9)6-4-8-2-1-3-8/h5,7-8H,1-4,6H2,(H2,10,11). The van der Waals surface area contributed by atoms with Crippen LogP contribution in [0.3, 0.4) is 0 Å². The monoisotopic (exact) mass is 165 g/mol. The third-order valence-corrected chi connectivity index (χ3v) is 2.65. The first-order valence-corrected chi connectivity index (χ1v) is 4.63. The molecule has 1 aliphatic rings. The normalized spacial score (nSPS) is 17.7. The second kappa shape index (κ2) is 3.17. The summed E-state index contributed by atoms with van der Waals surface area (Å²) in [5.41, 5.74) is 5.50. The average Bonchev–Trinajstić information content (AvgIpc) is 2.32. The first-order valence-electron chi connectivity index (χ1n) is 4.63. The van der Waals surface area contributed by atoms with Crippen molar-refractivity contribution < 1.29 is 0 Å². The number of anilines is 1. The molecule has 0 aliphatic heterocycles. The number of rotatable bonds is 3. The highest BCUT2D eigenvalue weighted by atomic mass is 15.3. The van der Waals surface area contributed by atoms with E-state index in [0.717, 1.165) is 12.5 Å². The van der Waals surface area contributed by atoms with Crippen LogP contribution in [-0.2, 0) is 6.54 Å². The van der Waals surface area contributed by atoms with Crippen LogP contribution in [0.5, 0.6) is 0 Å². The van der Waals surface area contributed by atoms with E-state index in [1.165, 1.54) is 25.7 Å². The van der Waals surface area contributed by atoms with Gasteiger partial charge in [0.25, 0.3) is 0 Å². The van der Waals surface area contributed by atoms with Gasteiger partial charge in [-0.1, -0.05) is 19.3 Å². The molecule has 0 aromatic carbocycles. The van der Waals surface area contributed by atoms with Gasteiger partial charge in [-0.2, -0.15) is 5.10 Å². The van der Waals surface area contributed by atoms with Gasteiger partial charge in [0, 0.05) is 12.7 Å². The Bertz CT molecular complexity index is 250. The third-order valence-electron chi connectivity index (χ3n) is 2.65. The molecular formula is C9H15N3. The maximum Gasteiger partial charge on any atom is 0.145 e. The van der Waals surface area contributed by atoms with Crippen LogP contribution in [0.1, 0.15) is 25.7 Å². The van der Waals surface area contributed by atoms with Gasteiger partial charge < -0.3 is 5.73 Å². The second-order valence-corrected chi connectivity index (χ2v) is 3.59. The molecule has 1 aromatic heterocycles. The minimum atomic E-state index is 0.628. The quantitative estimate of drug-likeness (QED) is 0.740. The predicted molar refractivity (Wildman–Crippen MR) is 48.6 cm³/mol. The van der Waals surface area contributed by atoms with E-state index in [9.17, 15) is 0 Å². The van der Waals surface area contributed by atoms with Crippen molar-refractivity contribution in [2.24, 2.45) is 5.92 Å². The number of aromatic nitrogens is 2. The van der Waals surface area contributed by atoms with Crippen molar-refractivity contribution in [2.75, 3.05) is 5.73 Å². The Morgan fingerprint density at radius 3 is 2.92 bits per heavy atom. The molecule has 3 nitrogen and oxygen atoms in total. The van der Waals surface area contributed by atoms with Gasteiger partial charge in [0.15, 0.2) is 0 Å². The maximum absolute atomic E-state index is 5.50. The van der Waals surface area contributed by atoms with Gasteiger partial charge >= 0.3 is 0 Å². The van der Waals surface area contributed by atoms with Gasteiger partial charge in [0.2, 0.25) is 0 Å². The smallest absolute Gasteiger partial charge is 0.145 e. The summed E-state index contributed by atoms with van der Waals surface area (Å²) in [6.07, 6.45) is 7.47. The van der Waals surface area contributed by atoms with Crippen molar-refractivity contribution in [3.8, 4) is 0 Å². The van der Waals surface area contributed by atoms with E-state index in [0.29, 0.717) is 5.82 Å². The Morgan fingerprint density at radius 1 is 1.58 bits per heavy atom. The Labute approximate surface area is 72.6 Å². The van der Waals surface area contributed by atoms with Crippen LogP contribution < -0.4 is 5.73 Å². The van der Waals surface area contributed by atoms with Crippen LogP contribution in [0.4, 0.5) is 5.82 Å². The van der Waals surface area contributed by atoms with Crippen LogP contribution in [0.25, 0.3) is 0 Å². The molecule has 1 heterocycles. The third kappa shape index (κ3) is 1.60. The molecule has 0 bridgehead atoms. The number of aryl methyl sites for hydroxylation is 1. The average molecular weight is 165 g/mol. The fraction of sp³-hybridized carbons (Fsp3) is 0.667. The summed E-state index contributed by atoms with van der Waals surface area (Å²) in [7, 11) is 0. The highest BCUT2D eigenvalue weighted by Crippen LogP contribution is 2.29. The lowest BCUT2D eigenvalue weighted by Crippen LogP contribution is -2.14. The molecule has 3 heteroatoms. The van der Waals surface area contributed by atoms with Crippen molar-refractivity contribution >= 4 is 5.82 Å². The molecule has 1 aromatic rings. The molecule has 0 saturated heterocycles. The van der Waals surface area contributed by atoms with Gasteiger partial charge in [0.1, 0.15) is 5.82 Å². The van der Waals surface area contributed by atoms with E-state index in [4.69, 9.17) is 5.73 Å². The van der Waals surface area contributed by atoms with Crippen LogP contribution in [0.15, 0.2) is 12.3 Å². The molecule has 0 radical (unpaired) electrons. The van der Waals surface area contributed by atoms with Crippen LogP contribution in [0.2, 0.25) is 0 Å². The van der Waals surface area contributed by atoms with E-state index in [2.05, 4.69) is 5.10 Å². The minimum absolute atomic E-state index is 0.628. The highest BCUT2D eigenvalue weighted by molar-refractivity contribution is 5.23. The molecule has 66 valence electrons. The molecular weight excluding hydrogens is 150 g/mol. The Balaban J connectivity index is 1.79. The first kappa shape index (κ1) is 7.65. The largest absolute Gasteiger partial charge is 0.382 e. The van der Waals surface area contributed by atoms with Gasteiger partial charge in [-0.3, -0.25) is 4.68 Å². The minimum Gasteiger partial charge on any atom is -0.382 e. The highest BCUT2D eigenvalue weighted by Gasteiger charge is 2.16. The van der Waals surface area contributed by atoms with Gasteiger partial charge in [-0.25, -0.2) is 0 Å². The Kier molecular flexibility index (Phi) is 2.02. The lowest BCUT2D eigenvalue weighted by Gasteiger charge is -2.24. The van der Waals surface area contributed by atoms with Crippen molar-refractivity contribution in [3.63, 3.8) is 0 Å². The molecule has 2 rings (SSSR count). The molecule has 2 N–H and O–H groups in total. The van der Waals surface area contributed by atoms with E-state index >= 15 is 0 Å². The predicted octanol–water partition coefficient (Wildman–Crippen LogP) is 1.66. The summed E-state index contributed by atoms with van der Waals surface area (Å²) < 4.78 is 1.94. The zero-order chi connectivity index (χ0) is 8.39.